The van der Waals surface area contributed by atoms with E-state index in [1.54, 1.807) is 6.20 Å². The topological polar surface area (TPSA) is 73.2 Å². The van der Waals surface area contributed by atoms with Gasteiger partial charge in [0.1, 0.15) is 6.54 Å². The summed E-state index contributed by atoms with van der Waals surface area (Å²) in [7, 11) is 0. The smallest absolute Gasteiger partial charge is 0.268 e. The second-order valence-electron chi connectivity index (χ2n) is 4.12. The number of aromatic nitrogens is 2. The molecule has 6 nitrogen and oxygen atoms in total. The Kier molecular flexibility index (Phi) is 4.70. The van der Waals surface area contributed by atoms with Crippen LogP contribution < -0.4 is 10.9 Å². The average Bonchev–Trinajstić information content (AvgIpc) is 2.34. The van der Waals surface area contributed by atoms with Gasteiger partial charge in [0.2, 0.25) is 5.91 Å². The fourth-order valence-electron chi connectivity index (χ4n) is 1.78. The van der Waals surface area contributed by atoms with E-state index in [2.05, 4.69) is 10.4 Å². The van der Waals surface area contributed by atoms with Crippen LogP contribution in [0.2, 0.25) is 0 Å². The van der Waals surface area contributed by atoms with E-state index in [0.29, 0.717) is 13.2 Å². The zero-order valence-electron chi connectivity index (χ0n) is 9.76. The first kappa shape index (κ1) is 13.5. The molecule has 0 atom stereocenters. The summed E-state index contributed by atoms with van der Waals surface area (Å²) in [6, 6.07) is 1.60. The van der Waals surface area contributed by atoms with E-state index < -0.39 is 0 Å². The van der Waals surface area contributed by atoms with Crippen LogP contribution in [-0.4, -0.2) is 34.9 Å². The van der Waals surface area contributed by atoms with Crippen molar-refractivity contribution in [2.24, 2.45) is 0 Å². The van der Waals surface area contributed by atoms with E-state index in [0.717, 1.165) is 21.1 Å². The third kappa shape index (κ3) is 3.77. The van der Waals surface area contributed by atoms with Crippen LogP contribution in [-0.2, 0) is 16.1 Å². The van der Waals surface area contributed by atoms with E-state index in [-0.39, 0.29) is 24.1 Å². The minimum atomic E-state index is -0.260. The van der Waals surface area contributed by atoms with E-state index in [4.69, 9.17) is 4.74 Å². The molecule has 1 N–H and O–H groups in total. The monoisotopic (exact) mass is 363 g/mol. The van der Waals surface area contributed by atoms with Crippen molar-refractivity contribution in [1.82, 2.24) is 15.1 Å². The molecule has 0 aromatic carbocycles. The molecule has 1 aromatic rings. The van der Waals surface area contributed by atoms with Crippen LogP contribution in [0.1, 0.15) is 12.8 Å². The zero-order chi connectivity index (χ0) is 13.0. The van der Waals surface area contributed by atoms with Crippen LogP contribution >= 0.6 is 22.6 Å². The number of nitrogens with zero attached hydrogens (tertiary/aromatic N) is 2. The summed E-state index contributed by atoms with van der Waals surface area (Å²) in [5, 5.41) is 6.81. The van der Waals surface area contributed by atoms with Crippen molar-refractivity contribution in [3.05, 3.63) is 26.2 Å². The number of carbonyl (C=O) groups is 1. The highest BCUT2D eigenvalue weighted by Crippen LogP contribution is 2.05. The van der Waals surface area contributed by atoms with Crippen molar-refractivity contribution in [3.63, 3.8) is 0 Å². The van der Waals surface area contributed by atoms with Gasteiger partial charge < -0.3 is 10.1 Å². The molecule has 2 heterocycles. The number of carbonyl (C=O) groups excluding carboxylic acids is 1. The highest BCUT2D eigenvalue weighted by atomic mass is 127. The van der Waals surface area contributed by atoms with Crippen molar-refractivity contribution in [3.8, 4) is 0 Å². The fourth-order valence-corrected chi connectivity index (χ4v) is 2.17. The van der Waals surface area contributed by atoms with E-state index in [9.17, 15) is 9.59 Å². The van der Waals surface area contributed by atoms with Gasteiger partial charge in [0.25, 0.3) is 5.56 Å². The lowest BCUT2D eigenvalue weighted by Gasteiger charge is -2.23. The van der Waals surface area contributed by atoms with Crippen LogP contribution in [0.3, 0.4) is 0 Å². The Bertz CT molecular complexity index is 483. The van der Waals surface area contributed by atoms with Crippen molar-refractivity contribution in [1.29, 1.82) is 0 Å². The molecular weight excluding hydrogens is 349 g/mol. The first-order valence-corrected chi connectivity index (χ1v) is 6.83. The first-order chi connectivity index (χ1) is 8.65. The summed E-state index contributed by atoms with van der Waals surface area (Å²) in [5.74, 6) is -0.183. The Morgan fingerprint density at radius 2 is 2.28 bits per heavy atom. The Balaban J connectivity index is 1.92. The maximum Gasteiger partial charge on any atom is 0.268 e. The van der Waals surface area contributed by atoms with Gasteiger partial charge in [-0.15, -0.1) is 0 Å². The van der Waals surface area contributed by atoms with Gasteiger partial charge in [-0.05, 0) is 35.4 Å². The van der Waals surface area contributed by atoms with Gasteiger partial charge in [-0.1, -0.05) is 0 Å². The molecule has 1 saturated heterocycles. The summed E-state index contributed by atoms with van der Waals surface area (Å²) in [5.41, 5.74) is -0.260. The fraction of sp³-hybridized carbons (Fsp3) is 0.545. The van der Waals surface area contributed by atoms with Crippen LogP contribution in [0, 0.1) is 3.57 Å². The number of hydrogen-bond donors (Lipinski definition) is 1. The molecule has 1 aromatic heterocycles. The molecule has 0 bridgehead atoms. The summed E-state index contributed by atoms with van der Waals surface area (Å²) >= 11 is 2.01. The second-order valence-corrected chi connectivity index (χ2v) is 5.37. The van der Waals surface area contributed by atoms with Gasteiger partial charge in [0.05, 0.1) is 6.20 Å². The lowest BCUT2D eigenvalue weighted by molar-refractivity contribution is -0.123. The minimum Gasteiger partial charge on any atom is -0.381 e. The highest BCUT2D eigenvalue weighted by Gasteiger charge is 2.16. The number of ether oxygens (including phenoxy) is 1. The number of amides is 1. The molecule has 1 aliphatic rings. The molecule has 0 spiro atoms. The Morgan fingerprint density at radius 3 is 2.94 bits per heavy atom. The van der Waals surface area contributed by atoms with Gasteiger partial charge in [0, 0.05) is 28.9 Å². The van der Waals surface area contributed by atoms with Crippen molar-refractivity contribution in [2.45, 2.75) is 25.4 Å². The number of nitrogens with one attached hydrogen (secondary N) is 1. The molecule has 1 amide bonds. The quantitative estimate of drug-likeness (QED) is 0.776. The number of halogens is 1. The molecule has 0 radical (unpaired) electrons. The molecule has 0 saturated carbocycles. The third-order valence-corrected chi connectivity index (χ3v) is 3.31. The molecule has 0 unspecified atom stereocenters. The zero-order valence-corrected chi connectivity index (χ0v) is 11.9. The van der Waals surface area contributed by atoms with Gasteiger partial charge in [-0.25, -0.2) is 4.68 Å². The van der Waals surface area contributed by atoms with Crippen LogP contribution in [0.4, 0.5) is 0 Å². The standard InChI is InChI=1S/C11H14IN3O3/c12-8-5-11(17)15(13-6-8)7-10(16)14-9-1-3-18-4-2-9/h5-6,9H,1-4,7H2,(H,14,16). The number of rotatable bonds is 3. The van der Waals surface area contributed by atoms with Crippen LogP contribution in [0.25, 0.3) is 0 Å². The highest BCUT2D eigenvalue weighted by molar-refractivity contribution is 14.1. The lowest BCUT2D eigenvalue weighted by Crippen LogP contribution is -2.42. The van der Waals surface area contributed by atoms with Gasteiger partial charge >= 0.3 is 0 Å². The molecule has 7 heteroatoms. The van der Waals surface area contributed by atoms with E-state index >= 15 is 0 Å². The Labute approximate surface area is 118 Å². The maximum atomic E-state index is 11.8. The third-order valence-electron chi connectivity index (χ3n) is 2.72. The van der Waals surface area contributed by atoms with E-state index in [1.807, 2.05) is 22.6 Å². The van der Waals surface area contributed by atoms with Gasteiger partial charge in [-0.2, -0.15) is 5.10 Å². The molecular formula is C11H14IN3O3. The average molecular weight is 363 g/mol. The molecule has 0 aliphatic carbocycles. The molecule has 1 fully saturated rings. The molecule has 98 valence electrons. The summed E-state index contributed by atoms with van der Waals surface area (Å²) in [6.07, 6.45) is 3.20. The Morgan fingerprint density at radius 1 is 1.56 bits per heavy atom. The predicted molar refractivity (Wildman–Crippen MR) is 73.2 cm³/mol. The van der Waals surface area contributed by atoms with E-state index in [1.165, 1.54) is 6.07 Å². The molecule has 2 rings (SSSR count). The summed E-state index contributed by atoms with van der Waals surface area (Å²) in [4.78, 5) is 23.3. The molecule has 18 heavy (non-hydrogen) atoms. The first-order valence-electron chi connectivity index (χ1n) is 5.75. The minimum absolute atomic E-state index is 0.0346. The summed E-state index contributed by atoms with van der Waals surface area (Å²) < 4.78 is 7.14. The largest absolute Gasteiger partial charge is 0.381 e. The van der Waals surface area contributed by atoms with Crippen molar-refractivity contribution in [2.75, 3.05) is 13.2 Å². The normalized spacial score (nSPS) is 16.5. The number of hydrogen-bond acceptors (Lipinski definition) is 4. The Hall–Kier alpha value is -0.960. The lowest BCUT2D eigenvalue weighted by atomic mass is 10.1. The SMILES string of the molecule is O=C(Cn1ncc(I)cc1=O)NC1CCOCC1. The van der Waals surface area contributed by atoms with Crippen LogP contribution in [0.15, 0.2) is 17.1 Å². The maximum absolute atomic E-state index is 11.8. The molecule has 1 aliphatic heterocycles. The van der Waals surface area contributed by atoms with Gasteiger partial charge in [-0.3, -0.25) is 9.59 Å². The second kappa shape index (κ2) is 6.28. The van der Waals surface area contributed by atoms with Crippen molar-refractivity contribution >= 4 is 28.5 Å². The van der Waals surface area contributed by atoms with Crippen LogP contribution in [0.5, 0.6) is 0 Å². The summed E-state index contributed by atoms with van der Waals surface area (Å²) in [6.45, 7) is 1.31. The predicted octanol–water partition coefficient (Wildman–Crippen LogP) is 0.143. The van der Waals surface area contributed by atoms with Crippen molar-refractivity contribution < 1.29 is 9.53 Å². The van der Waals surface area contributed by atoms with Gasteiger partial charge in [0.15, 0.2) is 0 Å².